The summed E-state index contributed by atoms with van der Waals surface area (Å²) < 4.78 is 42.6. The highest BCUT2D eigenvalue weighted by Gasteiger charge is 2.31. The number of hydrogen-bond donors (Lipinski definition) is 1. The van der Waals surface area contributed by atoms with Gasteiger partial charge in [0.05, 0.1) is 10.6 Å². The van der Waals surface area contributed by atoms with E-state index in [9.17, 15) is 18.3 Å². The maximum absolute atomic E-state index is 12.4. The third-order valence-electron chi connectivity index (χ3n) is 2.30. The first-order chi connectivity index (χ1) is 8.86. The third kappa shape index (κ3) is 3.32. The van der Waals surface area contributed by atoms with Crippen LogP contribution in [0.1, 0.15) is 5.56 Å². The Morgan fingerprint density at radius 3 is 2.37 bits per heavy atom. The Balaban J connectivity index is 2.27. The fourth-order valence-corrected chi connectivity index (χ4v) is 1.65. The van der Waals surface area contributed by atoms with Crippen molar-refractivity contribution in [3.63, 3.8) is 0 Å². The summed E-state index contributed by atoms with van der Waals surface area (Å²) in [5.41, 5.74) is -0.847. The van der Waals surface area contributed by atoms with Crippen molar-refractivity contribution >= 4 is 11.6 Å². The number of aromatic hydroxyl groups is 1. The molecule has 0 spiro atoms. The summed E-state index contributed by atoms with van der Waals surface area (Å²) in [4.78, 5) is 0. The van der Waals surface area contributed by atoms with Gasteiger partial charge in [0.2, 0.25) is 0 Å². The average Bonchev–Trinajstić information content (AvgIpc) is 2.30. The summed E-state index contributed by atoms with van der Waals surface area (Å²) in [6.45, 7) is 0. The molecule has 0 bridgehead atoms. The molecule has 2 rings (SSSR count). The van der Waals surface area contributed by atoms with E-state index in [1.54, 1.807) is 12.1 Å². The summed E-state index contributed by atoms with van der Waals surface area (Å²) in [5.74, 6) is 0.349. The van der Waals surface area contributed by atoms with Crippen LogP contribution in [-0.2, 0) is 6.18 Å². The van der Waals surface area contributed by atoms with Gasteiger partial charge >= 0.3 is 6.18 Å². The molecular formula is C13H8ClF3O2. The van der Waals surface area contributed by atoms with E-state index < -0.39 is 11.7 Å². The first-order valence-corrected chi connectivity index (χ1v) is 5.58. The van der Waals surface area contributed by atoms with E-state index in [4.69, 9.17) is 16.3 Å². The molecule has 0 fully saturated rings. The van der Waals surface area contributed by atoms with Crippen LogP contribution in [0.2, 0.25) is 5.02 Å². The van der Waals surface area contributed by atoms with Crippen molar-refractivity contribution in [2.75, 3.05) is 0 Å². The van der Waals surface area contributed by atoms with E-state index in [2.05, 4.69) is 0 Å². The summed E-state index contributed by atoms with van der Waals surface area (Å²) >= 11 is 5.74. The topological polar surface area (TPSA) is 29.5 Å². The van der Waals surface area contributed by atoms with Crippen molar-refractivity contribution in [2.24, 2.45) is 0 Å². The molecule has 0 atom stereocenters. The number of benzene rings is 2. The second-order valence-corrected chi connectivity index (χ2v) is 4.15. The molecule has 0 unspecified atom stereocenters. The lowest BCUT2D eigenvalue weighted by molar-refractivity contribution is -0.137. The third-order valence-corrected chi connectivity index (χ3v) is 2.60. The lowest BCUT2D eigenvalue weighted by atomic mass is 10.2. The Morgan fingerprint density at radius 1 is 1.05 bits per heavy atom. The molecule has 6 heteroatoms. The number of halogens is 4. The average molecular weight is 289 g/mol. The quantitative estimate of drug-likeness (QED) is 0.855. The lowest BCUT2D eigenvalue weighted by Crippen LogP contribution is -2.04. The maximum Gasteiger partial charge on any atom is 0.416 e. The SMILES string of the molecule is Oc1cccc(Oc2ccc(C(F)(F)F)cc2Cl)c1. The van der Waals surface area contributed by atoms with Gasteiger partial charge in [0, 0.05) is 6.07 Å². The Hall–Kier alpha value is -1.88. The van der Waals surface area contributed by atoms with Crippen LogP contribution in [0.25, 0.3) is 0 Å². The fraction of sp³-hybridized carbons (Fsp3) is 0.0769. The number of hydrogen-bond acceptors (Lipinski definition) is 2. The molecule has 1 N–H and O–H groups in total. The van der Waals surface area contributed by atoms with E-state index in [1.165, 1.54) is 12.1 Å². The molecule has 0 aromatic heterocycles. The monoisotopic (exact) mass is 288 g/mol. The zero-order valence-corrected chi connectivity index (χ0v) is 10.2. The van der Waals surface area contributed by atoms with Crippen LogP contribution in [0.5, 0.6) is 17.2 Å². The number of phenolic OH excluding ortho intramolecular Hbond substituents is 1. The van der Waals surface area contributed by atoms with Gasteiger partial charge in [-0.3, -0.25) is 0 Å². The molecule has 0 aliphatic carbocycles. The number of ether oxygens (including phenoxy) is 1. The highest BCUT2D eigenvalue weighted by Crippen LogP contribution is 2.36. The van der Waals surface area contributed by atoms with Crippen LogP contribution in [0.4, 0.5) is 13.2 Å². The predicted octanol–water partition coefficient (Wildman–Crippen LogP) is 4.86. The van der Waals surface area contributed by atoms with Crippen molar-refractivity contribution < 1.29 is 23.0 Å². The van der Waals surface area contributed by atoms with Crippen LogP contribution in [-0.4, -0.2) is 5.11 Å². The smallest absolute Gasteiger partial charge is 0.416 e. The first-order valence-electron chi connectivity index (χ1n) is 5.20. The molecule has 19 heavy (non-hydrogen) atoms. The maximum atomic E-state index is 12.4. The molecule has 0 saturated heterocycles. The van der Waals surface area contributed by atoms with Crippen LogP contribution in [0, 0.1) is 0 Å². The summed E-state index contributed by atoms with van der Waals surface area (Å²) in [6, 6.07) is 8.67. The summed E-state index contributed by atoms with van der Waals surface area (Å²) in [7, 11) is 0. The van der Waals surface area contributed by atoms with Crippen molar-refractivity contribution in [1.82, 2.24) is 0 Å². The molecule has 2 nitrogen and oxygen atoms in total. The molecule has 0 aliphatic heterocycles. The molecule has 0 radical (unpaired) electrons. The van der Waals surface area contributed by atoms with Gasteiger partial charge in [0.25, 0.3) is 0 Å². The molecule has 0 amide bonds. The molecular weight excluding hydrogens is 281 g/mol. The lowest BCUT2D eigenvalue weighted by Gasteiger charge is -2.11. The van der Waals surface area contributed by atoms with Crippen molar-refractivity contribution in [1.29, 1.82) is 0 Å². The van der Waals surface area contributed by atoms with Gasteiger partial charge in [-0.2, -0.15) is 13.2 Å². The normalized spacial score (nSPS) is 11.4. The molecule has 2 aromatic rings. The van der Waals surface area contributed by atoms with Gasteiger partial charge in [0.15, 0.2) is 0 Å². The zero-order chi connectivity index (χ0) is 14.0. The van der Waals surface area contributed by atoms with Gasteiger partial charge in [-0.25, -0.2) is 0 Å². The Labute approximate surface area is 112 Å². The Kier molecular flexibility index (Phi) is 3.57. The number of rotatable bonds is 2. The molecule has 100 valence electrons. The van der Waals surface area contributed by atoms with Gasteiger partial charge in [-0.15, -0.1) is 0 Å². The van der Waals surface area contributed by atoms with E-state index >= 15 is 0 Å². The number of alkyl halides is 3. The summed E-state index contributed by atoms with van der Waals surface area (Å²) in [5, 5.41) is 9.09. The molecule has 0 aliphatic rings. The highest BCUT2D eigenvalue weighted by molar-refractivity contribution is 6.32. The largest absolute Gasteiger partial charge is 0.508 e. The van der Waals surface area contributed by atoms with E-state index in [0.717, 1.165) is 18.2 Å². The van der Waals surface area contributed by atoms with Gasteiger partial charge in [-0.1, -0.05) is 17.7 Å². The van der Waals surface area contributed by atoms with Crippen LogP contribution >= 0.6 is 11.6 Å². The Morgan fingerprint density at radius 2 is 1.79 bits per heavy atom. The standard InChI is InChI=1S/C13H8ClF3O2/c14-11-6-8(13(15,16)17)4-5-12(11)19-10-3-1-2-9(18)7-10/h1-7,18H. The first kappa shape index (κ1) is 13.5. The minimum absolute atomic E-state index is 0.0134. The van der Waals surface area contributed by atoms with Gasteiger partial charge in [0.1, 0.15) is 17.2 Å². The van der Waals surface area contributed by atoms with E-state index in [1.807, 2.05) is 0 Å². The van der Waals surface area contributed by atoms with Crippen LogP contribution < -0.4 is 4.74 Å². The van der Waals surface area contributed by atoms with E-state index in [-0.39, 0.29) is 22.3 Å². The molecule has 0 saturated carbocycles. The van der Waals surface area contributed by atoms with Gasteiger partial charge < -0.3 is 9.84 Å². The van der Waals surface area contributed by atoms with Crippen molar-refractivity contribution in [3.05, 3.63) is 53.1 Å². The fourth-order valence-electron chi connectivity index (χ4n) is 1.43. The Bertz CT molecular complexity index is 597. The minimum atomic E-state index is -4.45. The molecule has 2 aromatic carbocycles. The van der Waals surface area contributed by atoms with Crippen LogP contribution in [0.3, 0.4) is 0 Å². The predicted molar refractivity (Wildman–Crippen MR) is 64.6 cm³/mol. The second-order valence-electron chi connectivity index (χ2n) is 3.74. The molecule has 0 heterocycles. The number of phenols is 1. The van der Waals surface area contributed by atoms with Crippen LogP contribution in [0.15, 0.2) is 42.5 Å². The minimum Gasteiger partial charge on any atom is -0.508 e. The summed E-state index contributed by atoms with van der Waals surface area (Å²) in [6.07, 6.45) is -4.45. The highest BCUT2D eigenvalue weighted by atomic mass is 35.5. The van der Waals surface area contributed by atoms with Crippen molar-refractivity contribution in [3.8, 4) is 17.2 Å². The van der Waals surface area contributed by atoms with E-state index in [0.29, 0.717) is 0 Å². The second kappa shape index (κ2) is 5.01. The van der Waals surface area contributed by atoms with Crippen molar-refractivity contribution in [2.45, 2.75) is 6.18 Å². The zero-order valence-electron chi connectivity index (χ0n) is 9.41. The van der Waals surface area contributed by atoms with Gasteiger partial charge in [-0.05, 0) is 30.3 Å².